The third-order valence-corrected chi connectivity index (χ3v) is 3.46. The number of aromatic nitrogens is 2. The number of piperazine rings is 1. The van der Waals surface area contributed by atoms with Gasteiger partial charge < -0.3 is 21.8 Å². The number of hydrogen-bond acceptors (Lipinski definition) is 4. The van der Waals surface area contributed by atoms with Crippen LogP contribution < -0.4 is 22.1 Å². The molecular weight excluding hydrogens is 292 g/mol. The van der Waals surface area contributed by atoms with E-state index in [4.69, 9.17) is 4.52 Å². The maximum atomic E-state index is 12.1. The molecule has 0 atom stereocenters. The van der Waals surface area contributed by atoms with Gasteiger partial charge in [0.25, 0.3) is 5.91 Å². The van der Waals surface area contributed by atoms with E-state index in [-0.39, 0.29) is 18.3 Å². The van der Waals surface area contributed by atoms with E-state index in [1.807, 2.05) is 17.2 Å². The number of pyridine rings is 1. The molecule has 6 nitrogen and oxygen atoms in total. The lowest BCUT2D eigenvalue weighted by Crippen LogP contribution is -3.00. The molecule has 3 rings (SSSR count). The molecule has 1 amide bonds. The summed E-state index contributed by atoms with van der Waals surface area (Å²) in [5.74, 6) is -0.0624. The molecule has 0 unspecified atom stereocenters. The highest BCUT2D eigenvalue weighted by atomic mass is 35.5. The summed E-state index contributed by atoms with van der Waals surface area (Å²) in [6.45, 7) is 5.05. The normalized spacial score (nSPS) is 14.7. The van der Waals surface area contributed by atoms with Gasteiger partial charge in [-0.15, -0.1) is 0 Å². The van der Waals surface area contributed by atoms with Gasteiger partial charge in [-0.2, -0.15) is 5.01 Å². The number of halogens is 1. The van der Waals surface area contributed by atoms with Gasteiger partial charge >= 0.3 is 0 Å². The monoisotopic (exact) mass is 308 g/mol. The standard InChI is InChI=1S/C14H17N4O2.ClH/c1-12-3-2-5-18(11-12)17-8-6-16(7-9-17)14(19)13-4-10-20-15-13;/h2-5,10-11H,6-9H2,1H3;1H/q+1;/p-1. The van der Waals surface area contributed by atoms with Gasteiger partial charge in [0, 0.05) is 30.8 Å². The third-order valence-electron chi connectivity index (χ3n) is 3.46. The van der Waals surface area contributed by atoms with Crippen molar-refractivity contribution in [2.75, 3.05) is 31.2 Å². The molecule has 0 aromatic carbocycles. The Labute approximate surface area is 129 Å². The zero-order valence-corrected chi connectivity index (χ0v) is 12.5. The lowest BCUT2D eigenvalue weighted by Gasteiger charge is -2.31. The summed E-state index contributed by atoms with van der Waals surface area (Å²) in [7, 11) is 0. The molecule has 3 heterocycles. The van der Waals surface area contributed by atoms with E-state index in [1.54, 1.807) is 6.07 Å². The van der Waals surface area contributed by atoms with Crippen molar-refractivity contribution < 1.29 is 26.4 Å². The Bertz CT molecular complexity index is 595. The summed E-state index contributed by atoms with van der Waals surface area (Å²) in [4.78, 5) is 13.9. The van der Waals surface area contributed by atoms with Crippen molar-refractivity contribution in [3.63, 3.8) is 0 Å². The van der Waals surface area contributed by atoms with Gasteiger partial charge in [-0.1, -0.05) is 9.83 Å². The second-order valence-electron chi connectivity index (χ2n) is 4.89. The van der Waals surface area contributed by atoms with Crippen molar-refractivity contribution in [2.45, 2.75) is 6.92 Å². The predicted octanol–water partition coefficient (Wildman–Crippen LogP) is -2.63. The maximum Gasteiger partial charge on any atom is 0.276 e. The summed E-state index contributed by atoms with van der Waals surface area (Å²) < 4.78 is 6.81. The van der Waals surface area contributed by atoms with Crippen molar-refractivity contribution >= 4 is 5.91 Å². The SMILES string of the molecule is Cc1ccc[n+](N2CCN(C(=O)c3ccon3)CC2)c1.[Cl-]. The topological polar surface area (TPSA) is 53.5 Å². The number of carbonyl (C=O) groups excluding carboxylic acids is 1. The highest BCUT2D eigenvalue weighted by molar-refractivity contribution is 5.92. The van der Waals surface area contributed by atoms with Crippen LogP contribution in [0.15, 0.2) is 41.4 Å². The molecule has 1 saturated heterocycles. The fraction of sp³-hybridized carbons (Fsp3) is 0.357. The van der Waals surface area contributed by atoms with Crippen LogP contribution >= 0.6 is 0 Å². The number of nitrogens with zero attached hydrogens (tertiary/aromatic N) is 4. The quantitative estimate of drug-likeness (QED) is 0.570. The summed E-state index contributed by atoms with van der Waals surface area (Å²) in [5.41, 5.74) is 1.59. The summed E-state index contributed by atoms with van der Waals surface area (Å²) >= 11 is 0. The molecule has 112 valence electrons. The molecule has 1 aliphatic heterocycles. The van der Waals surface area contributed by atoms with Crippen LogP contribution in [0.2, 0.25) is 0 Å². The zero-order chi connectivity index (χ0) is 13.9. The van der Waals surface area contributed by atoms with E-state index in [1.165, 1.54) is 11.8 Å². The van der Waals surface area contributed by atoms with Gasteiger partial charge in [-0.05, 0) is 13.0 Å². The van der Waals surface area contributed by atoms with E-state index in [0.29, 0.717) is 18.8 Å². The van der Waals surface area contributed by atoms with E-state index in [9.17, 15) is 4.79 Å². The first kappa shape index (κ1) is 15.3. The van der Waals surface area contributed by atoms with Crippen LogP contribution in [0.25, 0.3) is 0 Å². The Morgan fingerprint density at radius 3 is 2.67 bits per heavy atom. The Balaban J connectivity index is 0.00000161. The fourth-order valence-electron chi connectivity index (χ4n) is 2.37. The van der Waals surface area contributed by atoms with E-state index in [2.05, 4.69) is 34.0 Å². The van der Waals surface area contributed by atoms with E-state index < -0.39 is 0 Å². The minimum absolute atomic E-state index is 0. The molecule has 2 aromatic rings. The summed E-state index contributed by atoms with van der Waals surface area (Å²) in [6, 6.07) is 5.70. The first-order valence-electron chi connectivity index (χ1n) is 6.67. The molecule has 2 aromatic heterocycles. The third kappa shape index (κ3) is 3.33. The van der Waals surface area contributed by atoms with Gasteiger partial charge in [-0.3, -0.25) is 4.79 Å². The molecule has 0 saturated carbocycles. The average Bonchev–Trinajstić information content (AvgIpc) is 3.01. The van der Waals surface area contributed by atoms with Crippen LogP contribution in [0.5, 0.6) is 0 Å². The van der Waals surface area contributed by atoms with Crippen LogP contribution in [0.3, 0.4) is 0 Å². The van der Waals surface area contributed by atoms with Crippen molar-refractivity contribution in [3.05, 3.63) is 48.1 Å². The van der Waals surface area contributed by atoms with Crippen LogP contribution in [-0.4, -0.2) is 42.1 Å². The number of aryl methyl sites for hydroxylation is 1. The molecule has 0 N–H and O–H groups in total. The first-order chi connectivity index (χ1) is 9.74. The highest BCUT2D eigenvalue weighted by Crippen LogP contribution is 2.05. The number of hydrogen-bond donors (Lipinski definition) is 0. The molecule has 1 aliphatic rings. The molecule has 1 fully saturated rings. The van der Waals surface area contributed by atoms with Crippen molar-refractivity contribution in [1.29, 1.82) is 0 Å². The molecule has 21 heavy (non-hydrogen) atoms. The number of carbonyl (C=O) groups is 1. The molecule has 0 bridgehead atoms. The Hall–Kier alpha value is -2.08. The minimum atomic E-state index is -0.0624. The predicted molar refractivity (Wildman–Crippen MR) is 71.7 cm³/mol. The molecule has 0 aliphatic carbocycles. The second-order valence-corrected chi connectivity index (χ2v) is 4.89. The molecule has 0 spiro atoms. The Morgan fingerprint density at radius 2 is 2.05 bits per heavy atom. The Morgan fingerprint density at radius 1 is 1.29 bits per heavy atom. The van der Waals surface area contributed by atoms with Gasteiger partial charge in [0.05, 0.1) is 13.1 Å². The Kier molecular flexibility index (Phi) is 4.80. The number of rotatable bonds is 2. The van der Waals surface area contributed by atoms with Crippen LogP contribution in [0.1, 0.15) is 16.1 Å². The molecule has 0 radical (unpaired) electrons. The van der Waals surface area contributed by atoms with Gasteiger partial charge in [0.15, 0.2) is 11.9 Å². The highest BCUT2D eigenvalue weighted by Gasteiger charge is 2.26. The maximum absolute atomic E-state index is 12.1. The zero-order valence-electron chi connectivity index (χ0n) is 11.8. The van der Waals surface area contributed by atoms with Crippen LogP contribution in [0.4, 0.5) is 0 Å². The fourth-order valence-corrected chi connectivity index (χ4v) is 2.37. The first-order valence-corrected chi connectivity index (χ1v) is 6.67. The van der Waals surface area contributed by atoms with E-state index in [0.717, 1.165) is 13.1 Å². The number of amides is 1. The second kappa shape index (κ2) is 6.58. The summed E-state index contributed by atoms with van der Waals surface area (Å²) in [5, 5.41) is 5.92. The largest absolute Gasteiger partial charge is 1.00 e. The van der Waals surface area contributed by atoms with Crippen molar-refractivity contribution in [2.24, 2.45) is 0 Å². The van der Waals surface area contributed by atoms with Crippen LogP contribution in [-0.2, 0) is 0 Å². The van der Waals surface area contributed by atoms with Crippen molar-refractivity contribution in [3.8, 4) is 0 Å². The lowest BCUT2D eigenvalue weighted by molar-refractivity contribution is -0.694. The minimum Gasteiger partial charge on any atom is -1.00 e. The van der Waals surface area contributed by atoms with Gasteiger partial charge in [-0.25, -0.2) is 0 Å². The van der Waals surface area contributed by atoms with Gasteiger partial charge in [0.2, 0.25) is 6.20 Å². The van der Waals surface area contributed by atoms with Gasteiger partial charge in [0.1, 0.15) is 6.26 Å². The summed E-state index contributed by atoms with van der Waals surface area (Å²) in [6.07, 6.45) is 5.54. The lowest BCUT2D eigenvalue weighted by atomic mass is 10.3. The average molecular weight is 309 g/mol. The smallest absolute Gasteiger partial charge is 0.276 e. The van der Waals surface area contributed by atoms with Crippen molar-refractivity contribution in [1.82, 2.24) is 10.1 Å². The van der Waals surface area contributed by atoms with E-state index >= 15 is 0 Å². The van der Waals surface area contributed by atoms with Crippen LogP contribution in [0, 0.1) is 6.92 Å². The molecular formula is C14H17ClN4O2. The molecule has 7 heteroatoms.